The number of benzene rings is 2. The molecule has 0 bridgehead atoms. The van der Waals surface area contributed by atoms with Gasteiger partial charge in [-0.15, -0.1) is 0 Å². The van der Waals surface area contributed by atoms with Gasteiger partial charge in [0.25, 0.3) is 11.8 Å². The fraction of sp³-hybridized carbons (Fsp3) is 0.174. The van der Waals surface area contributed by atoms with Crippen LogP contribution < -0.4 is 10.6 Å². The molecule has 30 heavy (non-hydrogen) atoms. The number of fused-ring (bicyclic) bond motifs is 1. The van der Waals surface area contributed by atoms with Crippen LogP contribution in [0.4, 0.5) is 5.69 Å². The Labute approximate surface area is 173 Å². The number of carbonyl (C=O) groups is 2. The molecule has 0 saturated heterocycles. The van der Waals surface area contributed by atoms with E-state index in [1.54, 1.807) is 36.4 Å². The van der Waals surface area contributed by atoms with Gasteiger partial charge in [-0.3, -0.25) is 9.59 Å². The number of anilines is 1. The van der Waals surface area contributed by atoms with Crippen LogP contribution in [-0.4, -0.2) is 27.9 Å². The average molecular weight is 402 g/mol. The molecule has 4 rings (SSSR count). The normalized spacial score (nSPS) is 10.8. The van der Waals surface area contributed by atoms with Gasteiger partial charge in [0.15, 0.2) is 5.76 Å². The van der Waals surface area contributed by atoms with Crippen LogP contribution in [0.15, 0.2) is 71.3 Å². The Balaban J connectivity index is 1.28. The maximum Gasteiger partial charge on any atom is 0.291 e. The third-order valence-electron chi connectivity index (χ3n) is 4.84. The van der Waals surface area contributed by atoms with E-state index in [9.17, 15) is 9.59 Å². The zero-order valence-electron chi connectivity index (χ0n) is 16.6. The lowest BCUT2D eigenvalue weighted by molar-refractivity contribution is 0.0952. The molecular weight excluding hydrogens is 380 g/mol. The molecule has 0 spiro atoms. The zero-order chi connectivity index (χ0) is 20.9. The highest BCUT2D eigenvalue weighted by atomic mass is 16.3. The first-order chi connectivity index (χ1) is 14.6. The maximum atomic E-state index is 12.4. The highest BCUT2D eigenvalue weighted by molar-refractivity contribution is 6.02. The van der Waals surface area contributed by atoms with Gasteiger partial charge in [-0.2, -0.15) is 0 Å². The lowest BCUT2D eigenvalue weighted by Crippen LogP contribution is -2.25. The van der Waals surface area contributed by atoms with Crippen molar-refractivity contribution in [2.75, 3.05) is 11.9 Å². The Kier molecular flexibility index (Phi) is 5.61. The van der Waals surface area contributed by atoms with Crippen LogP contribution >= 0.6 is 0 Å². The van der Waals surface area contributed by atoms with Gasteiger partial charge in [-0.25, -0.2) is 4.98 Å². The second kappa shape index (κ2) is 8.65. The van der Waals surface area contributed by atoms with Gasteiger partial charge < -0.3 is 19.6 Å². The minimum atomic E-state index is -0.334. The molecule has 7 heteroatoms. The SMILES string of the molecule is Cc1nc2ccccc2n1CCCNC(=O)c1ccc(NC(=O)c2ccco2)cc1. The number of hydrogen-bond acceptors (Lipinski definition) is 4. The van der Waals surface area contributed by atoms with Crippen LogP contribution in [0, 0.1) is 6.92 Å². The van der Waals surface area contributed by atoms with E-state index in [-0.39, 0.29) is 17.6 Å². The van der Waals surface area contributed by atoms with E-state index in [2.05, 4.69) is 26.3 Å². The van der Waals surface area contributed by atoms with Gasteiger partial charge in [-0.05, 0) is 61.9 Å². The van der Waals surface area contributed by atoms with Crippen LogP contribution in [0.2, 0.25) is 0 Å². The smallest absolute Gasteiger partial charge is 0.291 e. The third kappa shape index (κ3) is 4.25. The predicted molar refractivity (Wildman–Crippen MR) is 115 cm³/mol. The summed E-state index contributed by atoms with van der Waals surface area (Å²) in [5.74, 6) is 0.720. The molecule has 0 atom stereocenters. The molecule has 4 aromatic rings. The molecule has 0 aliphatic heterocycles. The van der Waals surface area contributed by atoms with Gasteiger partial charge in [0.1, 0.15) is 5.82 Å². The number of imidazole rings is 1. The van der Waals surface area contributed by atoms with Crippen molar-refractivity contribution in [2.24, 2.45) is 0 Å². The Bertz CT molecular complexity index is 1160. The summed E-state index contributed by atoms with van der Waals surface area (Å²) in [7, 11) is 0. The minimum Gasteiger partial charge on any atom is -0.459 e. The first-order valence-electron chi connectivity index (χ1n) is 9.77. The topological polar surface area (TPSA) is 89.2 Å². The van der Waals surface area contributed by atoms with Crippen LogP contribution in [0.5, 0.6) is 0 Å². The summed E-state index contributed by atoms with van der Waals surface area (Å²) >= 11 is 0. The van der Waals surface area contributed by atoms with E-state index in [0.717, 1.165) is 29.8 Å². The van der Waals surface area contributed by atoms with Gasteiger partial charge in [-0.1, -0.05) is 12.1 Å². The molecule has 2 heterocycles. The Morgan fingerprint density at radius 1 is 1.00 bits per heavy atom. The Morgan fingerprint density at radius 2 is 1.80 bits per heavy atom. The van der Waals surface area contributed by atoms with Crippen LogP contribution in [0.3, 0.4) is 0 Å². The number of furan rings is 1. The number of aryl methyl sites for hydroxylation is 2. The van der Waals surface area contributed by atoms with Crippen molar-refractivity contribution in [2.45, 2.75) is 19.9 Å². The summed E-state index contributed by atoms with van der Waals surface area (Å²) in [5.41, 5.74) is 3.22. The number of hydrogen-bond donors (Lipinski definition) is 2. The highest BCUT2D eigenvalue weighted by Gasteiger charge is 2.10. The molecule has 0 aliphatic carbocycles. The first-order valence-corrected chi connectivity index (χ1v) is 9.77. The largest absolute Gasteiger partial charge is 0.459 e. The number of aromatic nitrogens is 2. The van der Waals surface area contributed by atoms with E-state index in [1.165, 1.54) is 6.26 Å². The Hall–Kier alpha value is -3.87. The van der Waals surface area contributed by atoms with E-state index < -0.39 is 0 Å². The van der Waals surface area contributed by atoms with Crippen molar-refractivity contribution >= 4 is 28.5 Å². The molecule has 0 unspecified atom stereocenters. The Morgan fingerprint density at radius 3 is 2.57 bits per heavy atom. The van der Waals surface area contributed by atoms with Crippen LogP contribution in [-0.2, 0) is 6.54 Å². The van der Waals surface area contributed by atoms with E-state index in [0.29, 0.717) is 17.8 Å². The quantitative estimate of drug-likeness (QED) is 0.457. The zero-order valence-corrected chi connectivity index (χ0v) is 16.6. The van der Waals surface area contributed by atoms with Gasteiger partial charge in [0, 0.05) is 24.3 Å². The molecule has 2 N–H and O–H groups in total. The van der Waals surface area contributed by atoms with Gasteiger partial charge in [0.05, 0.1) is 17.3 Å². The molecule has 2 aromatic carbocycles. The summed E-state index contributed by atoms with van der Waals surface area (Å²) in [6, 6.07) is 18.0. The summed E-state index contributed by atoms with van der Waals surface area (Å²) in [5, 5.41) is 5.66. The van der Waals surface area contributed by atoms with Gasteiger partial charge >= 0.3 is 0 Å². The number of nitrogens with one attached hydrogen (secondary N) is 2. The summed E-state index contributed by atoms with van der Waals surface area (Å²) < 4.78 is 7.23. The van der Waals surface area contributed by atoms with Crippen molar-refractivity contribution < 1.29 is 14.0 Å². The molecule has 0 radical (unpaired) electrons. The monoisotopic (exact) mass is 402 g/mol. The number of amides is 2. The number of nitrogens with zero attached hydrogens (tertiary/aromatic N) is 2. The van der Waals surface area contributed by atoms with E-state index in [4.69, 9.17) is 4.42 Å². The summed E-state index contributed by atoms with van der Waals surface area (Å²) in [6.07, 6.45) is 2.24. The number of para-hydroxylation sites is 2. The van der Waals surface area contributed by atoms with Crippen LogP contribution in [0.25, 0.3) is 11.0 Å². The standard InChI is InChI=1S/C23H22N4O3/c1-16-25-19-6-2-3-7-20(19)27(16)14-5-13-24-22(28)17-9-11-18(12-10-17)26-23(29)21-8-4-15-30-21/h2-4,6-12,15H,5,13-14H2,1H3,(H,24,28)(H,26,29). The van der Waals surface area contributed by atoms with Crippen molar-refractivity contribution in [1.82, 2.24) is 14.9 Å². The second-order valence-electron chi connectivity index (χ2n) is 6.92. The van der Waals surface area contributed by atoms with Crippen molar-refractivity contribution in [3.05, 3.63) is 84.1 Å². The molecule has 0 saturated carbocycles. The number of carbonyl (C=O) groups excluding carboxylic acids is 2. The third-order valence-corrected chi connectivity index (χ3v) is 4.84. The summed E-state index contributed by atoms with van der Waals surface area (Å²) in [6.45, 7) is 3.33. The van der Waals surface area contributed by atoms with Crippen molar-refractivity contribution in [3.8, 4) is 0 Å². The van der Waals surface area contributed by atoms with Crippen LogP contribution in [0.1, 0.15) is 33.2 Å². The number of rotatable bonds is 7. The molecule has 0 aliphatic rings. The van der Waals surface area contributed by atoms with E-state index >= 15 is 0 Å². The minimum absolute atomic E-state index is 0.147. The molecule has 2 amide bonds. The molecule has 7 nitrogen and oxygen atoms in total. The lowest BCUT2D eigenvalue weighted by Gasteiger charge is -2.09. The lowest BCUT2D eigenvalue weighted by atomic mass is 10.2. The fourth-order valence-corrected chi connectivity index (χ4v) is 3.32. The average Bonchev–Trinajstić information content (AvgIpc) is 3.40. The van der Waals surface area contributed by atoms with Crippen molar-refractivity contribution in [3.63, 3.8) is 0 Å². The molecule has 2 aromatic heterocycles. The highest BCUT2D eigenvalue weighted by Crippen LogP contribution is 2.16. The first kappa shape index (κ1) is 19.4. The summed E-state index contributed by atoms with van der Waals surface area (Å²) in [4.78, 5) is 28.9. The molecule has 0 fully saturated rings. The van der Waals surface area contributed by atoms with E-state index in [1.807, 2.05) is 25.1 Å². The molecule has 152 valence electrons. The van der Waals surface area contributed by atoms with Crippen molar-refractivity contribution in [1.29, 1.82) is 0 Å². The molecular formula is C23H22N4O3. The maximum absolute atomic E-state index is 12.4. The fourth-order valence-electron chi connectivity index (χ4n) is 3.32. The second-order valence-corrected chi connectivity index (χ2v) is 6.92. The van der Waals surface area contributed by atoms with Gasteiger partial charge in [0.2, 0.25) is 0 Å². The predicted octanol–water partition coefficient (Wildman–Crippen LogP) is 4.01.